The van der Waals surface area contributed by atoms with Crippen LogP contribution in [0.25, 0.3) is 0 Å². The average Bonchev–Trinajstić information content (AvgIpc) is 2.99. The Morgan fingerprint density at radius 2 is 2.29 bits per heavy atom. The number of likely N-dealkylation sites (N-methyl/N-ethyl adjacent to an activating group) is 1. The van der Waals surface area contributed by atoms with Crippen LogP contribution < -0.4 is 4.74 Å². The molecule has 0 aliphatic carbocycles. The van der Waals surface area contributed by atoms with Crippen molar-refractivity contribution in [3.8, 4) is 5.75 Å². The van der Waals surface area contributed by atoms with Crippen molar-refractivity contribution in [2.24, 2.45) is 0 Å². The Labute approximate surface area is 131 Å². The predicted molar refractivity (Wildman–Crippen MR) is 82.8 cm³/mol. The van der Waals surface area contributed by atoms with E-state index in [2.05, 4.69) is 0 Å². The van der Waals surface area contributed by atoms with Gasteiger partial charge < -0.3 is 14.4 Å². The predicted octanol–water partition coefficient (Wildman–Crippen LogP) is 3.14. The van der Waals surface area contributed by atoms with Gasteiger partial charge in [-0.1, -0.05) is 23.7 Å². The second-order valence-electron chi connectivity index (χ2n) is 5.31. The minimum atomic E-state index is -0.0396. The molecule has 5 heteroatoms. The van der Waals surface area contributed by atoms with Crippen LogP contribution in [0.5, 0.6) is 5.75 Å². The molecule has 1 heterocycles. The summed E-state index contributed by atoms with van der Waals surface area (Å²) in [6.07, 6.45) is 4.66. The van der Waals surface area contributed by atoms with Gasteiger partial charge in [0.05, 0.1) is 11.1 Å². The summed E-state index contributed by atoms with van der Waals surface area (Å²) in [4.78, 5) is 13.7. The number of amides is 1. The Hall–Kier alpha value is -1.26. The summed E-state index contributed by atoms with van der Waals surface area (Å²) in [6, 6.07) is 7.16. The molecule has 1 atom stereocenters. The lowest BCUT2D eigenvalue weighted by atomic mass is 10.1. The molecule has 0 spiro atoms. The lowest BCUT2D eigenvalue weighted by Crippen LogP contribution is -2.32. The Kier molecular flexibility index (Phi) is 6.33. The lowest BCUT2D eigenvalue weighted by molar-refractivity contribution is -0.132. The number of ether oxygens (including phenoxy) is 2. The molecule has 1 aliphatic rings. The quantitative estimate of drug-likeness (QED) is 0.776. The molecule has 0 aromatic heterocycles. The molecule has 21 heavy (non-hydrogen) atoms. The third-order valence-corrected chi connectivity index (χ3v) is 3.97. The van der Waals surface area contributed by atoms with E-state index < -0.39 is 0 Å². The first-order valence-corrected chi connectivity index (χ1v) is 7.77. The highest BCUT2D eigenvalue weighted by Crippen LogP contribution is 2.23. The van der Waals surface area contributed by atoms with Crippen molar-refractivity contribution in [1.29, 1.82) is 0 Å². The standard InChI is InChI=1S/C16H22ClNO3/c1-18(10-4-6-13-7-5-11-20-13)16(19)12-21-15-9-3-2-8-14(15)17/h2-3,8-9,13H,4-7,10-12H2,1H3/t13-/m0/s1. The molecule has 1 aromatic carbocycles. The van der Waals surface area contributed by atoms with Gasteiger partial charge in [-0.3, -0.25) is 4.79 Å². The van der Waals surface area contributed by atoms with Crippen LogP contribution in [0, 0.1) is 0 Å². The van der Waals surface area contributed by atoms with Crippen LogP contribution in [0.3, 0.4) is 0 Å². The van der Waals surface area contributed by atoms with Crippen molar-refractivity contribution in [2.45, 2.75) is 31.8 Å². The van der Waals surface area contributed by atoms with Gasteiger partial charge in [0.2, 0.25) is 0 Å². The van der Waals surface area contributed by atoms with E-state index >= 15 is 0 Å². The van der Waals surface area contributed by atoms with Crippen LogP contribution in [-0.2, 0) is 9.53 Å². The fraction of sp³-hybridized carbons (Fsp3) is 0.562. The fourth-order valence-electron chi connectivity index (χ4n) is 2.36. The molecule has 2 rings (SSSR count). The molecule has 0 radical (unpaired) electrons. The van der Waals surface area contributed by atoms with Gasteiger partial charge in [0.1, 0.15) is 5.75 Å². The van der Waals surface area contributed by atoms with Crippen molar-refractivity contribution in [2.75, 3.05) is 26.8 Å². The van der Waals surface area contributed by atoms with E-state index in [1.165, 1.54) is 0 Å². The number of hydrogen-bond acceptors (Lipinski definition) is 3. The van der Waals surface area contributed by atoms with Crippen LogP contribution >= 0.6 is 11.6 Å². The van der Waals surface area contributed by atoms with Crippen molar-refractivity contribution in [1.82, 2.24) is 4.90 Å². The largest absolute Gasteiger partial charge is 0.482 e. The van der Waals surface area contributed by atoms with Gasteiger partial charge in [0, 0.05) is 20.2 Å². The van der Waals surface area contributed by atoms with Crippen molar-refractivity contribution < 1.29 is 14.3 Å². The Balaban J connectivity index is 1.66. The van der Waals surface area contributed by atoms with Crippen LogP contribution in [0.15, 0.2) is 24.3 Å². The molecule has 1 aromatic rings. The summed E-state index contributed by atoms with van der Waals surface area (Å²) >= 11 is 5.98. The average molecular weight is 312 g/mol. The summed E-state index contributed by atoms with van der Waals surface area (Å²) in [5, 5.41) is 0.520. The van der Waals surface area contributed by atoms with Crippen molar-refractivity contribution >= 4 is 17.5 Å². The maximum atomic E-state index is 12.0. The first kappa shape index (κ1) is 16.1. The van der Waals surface area contributed by atoms with E-state index in [9.17, 15) is 4.79 Å². The van der Waals surface area contributed by atoms with Gasteiger partial charge in [0.15, 0.2) is 6.61 Å². The third kappa shape index (κ3) is 5.21. The molecular formula is C16H22ClNO3. The minimum absolute atomic E-state index is 0.0140. The van der Waals surface area contributed by atoms with Crippen LogP contribution in [0.2, 0.25) is 5.02 Å². The number of halogens is 1. The zero-order chi connectivity index (χ0) is 15.1. The van der Waals surface area contributed by atoms with Crippen LogP contribution in [0.4, 0.5) is 0 Å². The SMILES string of the molecule is CN(CCC[C@H]1CCCO1)C(=O)COc1ccccc1Cl. The van der Waals surface area contributed by atoms with Crippen molar-refractivity contribution in [3.63, 3.8) is 0 Å². The zero-order valence-electron chi connectivity index (χ0n) is 12.4. The Morgan fingerprint density at radius 1 is 1.48 bits per heavy atom. The molecule has 0 saturated carbocycles. The molecule has 1 aliphatic heterocycles. The Morgan fingerprint density at radius 3 is 3.00 bits per heavy atom. The second-order valence-corrected chi connectivity index (χ2v) is 5.72. The summed E-state index contributed by atoms with van der Waals surface area (Å²) in [5.74, 6) is 0.502. The maximum absolute atomic E-state index is 12.0. The highest BCUT2D eigenvalue weighted by atomic mass is 35.5. The number of benzene rings is 1. The summed E-state index contributed by atoms with van der Waals surface area (Å²) < 4.78 is 11.0. The van der Waals surface area contributed by atoms with Gasteiger partial charge in [0.25, 0.3) is 5.91 Å². The molecule has 1 amide bonds. The summed E-state index contributed by atoms with van der Waals surface area (Å²) in [6.45, 7) is 1.62. The molecule has 0 bridgehead atoms. The molecule has 116 valence electrons. The van der Waals surface area contributed by atoms with E-state index in [4.69, 9.17) is 21.1 Å². The smallest absolute Gasteiger partial charge is 0.260 e. The number of carbonyl (C=O) groups excluding carboxylic acids is 1. The summed E-state index contributed by atoms with van der Waals surface area (Å²) in [7, 11) is 1.80. The van der Waals surface area contributed by atoms with Gasteiger partial charge >= 0.3 is 0 Å². The molecule has 1 saturated heterocycles. The van der Waals surface area contributed by atoms with Crippen LogP contribution in [-0.4, -0.2) is 43.7 Å². The number of hydrogen-bond donors (Lipinski definition) is 0. The highest BCUT2D eigenvalue weighted by Gasteiger charge is 2.16. The van der Waals surface area contributed by atoms with Crippen molar-refractivity contribution in [3.05, 3.63) is 29.3 Å². The normalized spacial score (nSPS) is 17.7. The number of rotatable bonds is 7. The molecule has 4 nitrogen and oxygen atoms in total. The first-order chi connectivity index (χ1) is 10.2. The number of nitrogens with zero attached hydrogens (tertiary/aromatic N) is 1. The Bertz CT molecular complexity index is 461. The van der Waals surface area contributed by atoms with E-state index in [-0.39, 0.29) is 12.5 Å². The van der Waals surface area contributed by atoms with E-state index in [0.717, 1.165) is 38.8 Å². The zero-order valence-corrected chi connectivity index (χ0v) is 13.1. The number of carbonyl (C=O) groups is 1. The van der Waals surface area contributed by atoms with Gasteiger partial charge in [-0.2, -0.15) is 0 Å². The summed E-state index contributed by atoms with van der Waals surface area (Å²) in [5.41, 5.74) is 0. The van der Waals surface area contributed by atoms with E-state index in [1.54, 1.807) is 24.1 Å². The number of para-hydroxylation sites is 1. The maximum Gasteiger partial charge on any atom is 0.260 e. The minimum Gasteiger partial charge on any atom is -0.482 e. The van der Waals surface area contributed by atoms with Gasteiger partial charge in [-0.05, 0) is 37.8 Å². The van der Waals surface area contributed by atoms with Crippen LogP contribution in [0.1, 0.15) is 25.7 Å². The van der Waals surface area contributed by atoms with E-state index in [0.29, 0.717) is 16.9 Å². The molecule has 1 fully saturated rings. The monoisotopic (exact) mass is 311 g/mol. The molecule has 0 N–H and O–H groups in total. The second kappa shape index (κ2) is 8.25. The fourth-order valence-corrected chi connectivity index (χ4v) is 2.55. The van der Waals surface area contributed by atoms with E-state index in [1.807, 2.05) is 12.1 Å². The highest BCUT2D eigenvalue weighted by molar-refractivity contribution is 6.32. The van der Waals surface area contributed by atoms with Gasteiger partial charge in [-0.15, -0.1) is 0 Å². The third-order valence-electron chi connectivity index (χ3n) is 3.66. The first-order valence-electron chi connectivity index (χ1n) is 7.39. The molecule has 0 unspecified atom stereocenters. The lowest BCUT2D eigenvalue weighted by Gasteiger charge is -2.18. The topological polar surface area (TPSA) is 38.8 Å². The van der Waals surface area contributed by atoms with Gasteiger partial charge in [-0.25, -0.2) is 0 Å². The molecular weight excluding hydrogens is 290 g/mol.